The van der Waals surface area contributed by atoms with Crippen molar-refractivity contribution in [2.45, 2.75) is 63.5 Å². The Morgan fingerprint density at radius 3 is 2.27 bits per heavy atom. The summed E-state index contributed by atoms with van der Waals surface area (Å²) in [4.78, 5) is 13.7. The van der Waals surface area contributed by atoms with Crippen LogP contribution in [-0.2, 0) is 20.4 Å². The van der Waals surface area contributed by atoms with Crippen molar-refractivity contribution in [3.05, 3.63) is 113 Å². The molecule has 0 amide bonds. The maximum Gasteiger partial charge on any atom is 0.339 e. The molecule has 40 heavy (non-hydrogen) atoms. The highest BCUT2D eigenvalue weighted by molar-refractivity contribution is 7.89. The number of halogens is 1. The van der Waals surface area contributed by atoms with E-state index in [-0.39, 0.29) is 28.6 Å². The molecule has 0 spiro atoms. The van der Waals surface area contributed by atoms with Gasteiger partial charge in [-0.2, -0.15) is 4.31 Å². The van der Waals surface area contributed by atoms with Gasteiger partial charge in [-0.25, -0.2) is 17.6 Å². The van der Waals surface area contributed by atoms with E-state index in [9.17, 15) is 17.6 Å². The van der Waals surface area contributed by atoms with Crippen molar-refractivity contribution in [1.29, 1.82) is 0 Å². The molecule has 1 fully saturated rings. The summed E-state index contributed by atoms with van der Waals surface area (Å²) in [6, 6.07) is 21.6. The van der Waals surface area contributed by atoms with Gasteiger partial charge in [-0.3, -0.25) is 0 Å². The molecule has 0 radical (unpaired) electrons. The second-order valence-corrected chi connectivity index (χ2v) is 13.2. The maximum absolute atomic E-state index is 14.0. The predicted octanol–water partition coefficient (Wildman–Crippen LogP) is 7.03. The minimum Gasteiger partial charge on any atom is -0.446 e. The molecule has 3 aromatic rings. The Hall–Kier alpha value is -3.29. The number of carbonyl (C=O) groups excluding carboxylic acids is 1. The molecule has 0 saturated heterocycles. The fraction of sp³-hybridized carbons (Fsp3) is 0.364. The number of esters is 1. The number of hydrogen-bond donors (Lipinski definition) is 0. The summed E-state index contributed by atoms with van der Waals surface area (Å²) in [5.41, 5.74) is 3.00. The summed E-state index contributed by atoms with van der Waals surface area (Å²) in [7, 11) is -3.77. The third-order valence-electron chi connectivity index (χ3n) is 8.16. The Kier molecular flexibility index (Phi) is 7.73. The Bertz CT molecular complexity index is 1510. The van der Waals surface area contributed by atoms with Crippen LogP contribution in [0, 0.1) is 24.6 Å². The van der Waals surface area contributed by atoms with Crippen molar-refractivity contribution >= 4 is 16.0 Å². The van der Waals surface area contributed by atoms with Gasteiger partial charge in [0.05, 0.1) is 10.5 Å². The van der Waals surface area contributed by atoms with Crippen LogP contribution in [0.4, 0.5) is 4.39 Å². The topological polar surface area (TPSA) is 63.7 Å². The van der Waals surface area contributed by atoms with Crippen LogP contribution in [0.3, 0.4) is 0 Å². The van der Waals surface area contributed by atoms with Crippen LogP contribution in [-0.4, -0.2) is 31.3 Å². The van der Waals surface area contributed by atoms with Gasteiger partial charge in [0.1, 0.15) is 5.82 Å². The summed E-state index contributed by atoms with van der Waals surface area (Å²) >= 11 is 0. The van der Waals surface area contributed by atoms with E-state index in [4.69, 9.17) is 4.74 Å². The van der Waals surface area contributed by atoms with E-state index in [0.29, 0.717) is 36.9 Å². The van der Waals surface area contributed by atoms with E-state index < -0.39 is 21.6 Å². The predicted molar refractivity (Wildman–Crippen MR) is 154 cm³/mol. The summed E-state index contributed by atoms with van der Waals surface area (Å²) in [5.74, 6) is -0.717. The number of fused-ring (bicyclic) bond motifs is 1. The molecule has 0 bridgehead atoms. The van der Waals surface area contributed by atoms with E-state index in [2.05, 4.69) is 13.8 Å². The summed E-state index contributed by atoms with van der Waals surface area (Å²) in [5, 5.41) is 0. The Balaban J connectivity index is 1.64. The van der Waals surface area contributed by atoms with Crippen molar-refractivity contribution in [3.8, 4) is 0 Å². The first-order valence-corrected chi connectivity index (χ1v) is 15.4. The number of hydrogen-bond acceptors (Lipinski definition) is 4. The van der Waals surface area contributed by atoms with E-state index >= 15 is 0 Å². The number of aryl methyl sites for hydroxylation is 1. The van der Waals surface area contributed by atoms with E-state index in [1.807, 2.05) is 32.0 Å². The molecule has 3 aromatic carbocycles. The van der Waals surface area contributed by atoms with Crippen LogP contribution < -0.4 is 0 Å². The first-order valence-electron chi connectivity index (χ1n) is 13.9. The van der Waals surface area contributed by atoms with Crippen molar-refractivity contribution in [1.82, 2.24) is 4.31 Å². The van der Waals surface area contributed by atoms with Crippen molar-refractivity contribution in [2.75, 3.05) is 6.54 Å². The lowest BCUT2D eigenvalue weighted by atomic mass is 9.58. The van der Waals surface area contributed by atoms with E-state index in [1.54, 1.807) is 52.8 Å². The van der Waals surface area contributed by atoms with Gasteiger partial charge in [0, 0.05) is 24.9 Å². The van der Waals surface area contributed by atoms with Gasteiger partial charge in [-0.1, -0.05) is 68.8 Å². The van der Waals surface area contributed by atoms with Crippen LogP contribution in [0.2, 0.25) is 0 Å². The van der Waals surface area contributed by atoms with Gasteiger partial charge in [0.15, 0.2) is 5.60 Å². The van der Waals surface area contributed by atoms with Gasteiger partial charge < -0.3 is 4.74 Å². The molecule has 0 unspecified atom stereocenters. The van der Waals surface area contributed by atoms with Gasteiger partial charge in [-0.15, -0.1) is 0 Å². The molecule has 0 aromatic heterocycles. The quantitative estimate of drug-likeness (QED) is 0.219. The molecular formula is C33H36FNO4S. The lowest BCUT2D eigenvalue weighted by molar-refractivity contribution is -0.0567. The molecule has 5 nitrogen and oxygen atoms in total. The second-order valence-electron chi connectivity index (χ2n) is 11.3. The molecule has 5 rings (SSSR count). The van der Waals surface area contributed by atoms with Crippen LogP contribution in [0.1, 0.15) is 61.5 Å². The molecular weight excluding hydrogens is 525 g/mol. The lowest BCUT2D eigenvalue weighted by Crippen LogP contribution is -2.59. The summed E-state index contributed by atoms with van der Waals surface area (Å²) in [6.45, 7) is 8.44. The highest BCUT2D eigenvalue weighted by Gasteiger charge is 2.59. The number of rotatable bonds is 8. The van der Waals surface area contributed by atoms with Gasteiger partial charge in [0.2, 0.25) is 10.0 Å². The number of benzene rings is 3. The Morgan fingerprint density at radius 2 is 1.68 bits per heavy atom. The third-order valence-corrected chi connectivity index (χ3v) is 10.1. The van der Waals surface area contributed by atoms with Gasteiger partial charge in [-0.05, 0) is 78.8 Å². The van der Waals surface area contributed by atoms with Crippen LogP contribution in [0.5, 0.6) is 0 Å². The number of sulfonamides is 1. The standard InChI is InChI=1S/C33H36FNO4S/c1-5-29-30(19-22(2)3)35(40(37,38)28-17-11-23(4)12-18-28)21-25-20-33(31(25)29,26-13-15-27(34)16-14-26)39-32(36)24-9-7-6-8-10-24/h6-18,22,25,30H,5,19-21H2,1-4H3/t25-,30-,33+/m0/s1. The molecule has 1 saturated carbocycles. The van der Waals surface area contributed by atoms with E-state index in [0.717, 1.165) is 16.7 Å². The average Bonchev–Trinajstić information content (AvgIpc) is 2.92. The monoisotopic (exact) mass is 561 g/mol. The SMILES string of the molecule is CCC1=C2[C@H](CN(S(=O)(=O)c3ccc(C)cc3)[C@H]1CC(C)C)C[C@@]2(OC(=O)c1ccccc1)c1ccc(F)cc1. The fourth-order valence-corrected chi connectivity index (χ4v) is 7.99. The third kappa shape index (κ3) is 5.01. The Morgan fingerprint density at radius 1 is 1.02 bits per heavy atom. The molecule has 1 heterocycles. The Labute approximate surface area is 236 Å². The van der Waals surface area contributed by atoms with Crippen molar-refractivity contribution in [2.24, 2.45) is 11.8 Å². The minimum atomic E-state index is -3.77. The van der Waals surface area contributed by atoms with Crippen molar-refractivity contribution in [3.63, 3.8) is 0 Å². The lowest BCUT2D eigenvalue weighted by Gasteiger charge is -2.56. The largest absolute Gasteiger partial charge is 0.446 e. The number of nitrogens with zero attached hydrogens (tertiary/aromatic N) is 1. The molecule has 1 aliphatic carbocycles. The number of carbonyl (C=O) groups is 1. The maximum atomic E-state index is 14.0. The van der Waals surface area contributed by atoms with Gasteiger partial charge >= 0.3 is 5.97 Å². The molecule has 1 aliphatic heterocycles. The van der Waals surface area contributed by atoms with Crippen LogP contribution in [0.15, 0.2) is 94.9 Å². The highest BCUT2D eigenvalue weighted by atomic mass is 32.2. The van der Waals surface area contributed by atoms with Crippen molar-refractivity contribution < 1.29 is 22.3 Å². The van der Waals surface area contributed by atoms with Gasteiger partial charge in [0.25, 0.3) is 0 Å². The normalized spacial score (nSPS) is 23.1. The first kappa shape index (κ1) is 28.2. The molecule has 2 aliphatic rings. The summed E-state index contributed by atoms with van der Waals surface area (Å²) in [6.07, 6.45) is 1.66. The minimum absolute atomic E-state index is 0.118. The first-order chi connectivity index (χ1) is 19.1. The molecule has 7 heteroatoms. The second kappa shape index (κ2) is 10.9. The van der Waals surface area contributed by atoms with Crippen LogP contribution in [0.25, 0.3) is 0 Å². The van der Waals surface area contributed by atoms with E-state index in [1.165, 1.54) is 12.1 Å². The highest BCUT2D eigenvalue weighted by Crippen LogP contribution is 2.59. The van der Waals surface area contributed by atoms with Crippen LogP contribution >= 0.6 is 0 Å². The average molecular weight is 562 g/mol. The number of ether oxygens (including phenoxy) is 1. The molecule has 0 N–H and O–H groups in total. The molecule has 3 atom stereocenters. The fourth-order valence-electron chi connectivity index (χ4n) is 6.32. The molecule has 210 valence electrons. The zero-order valence-electron chi connectivity index (χ0n) is 23.4. The zero-order valence-corrected chi connectivity index (χ0v) is 24.2. The smallest absolute Gasteiger partial charge is 0.339 e. The summed E-state index contributed by atoms with van der Waals surface area (Å²) < 4.78 is 50.1. The zero-order chi connectivity index (χ0) is 28.7.